The first-order valence-electron chi connectivity index (χ1n) is 8.13. The first-order chi connectivity index (χ1) is 11.6. The van der Waals surface area contributed by atoms with Crippen LogP contribution in [0.2, 0.25) is 0 Å². The van der Waals surface area contributed by atoms with Crippen molar-refractivity contribution in [3.63, 3.8) is 0 Å². The summed E-state index contributed by atoms with van der Waals surface area (Å²) in [6.45, 7) is 6.03. The van der Waals surface area contributed by atoms with Gasteiger partial charge in [0, 0.05) is 20.1 Å². The van der Waals surface area contributed by atoms with Crippen LogP contribution >= 0.6 is 0 Å². The van der Waals surface area contributed by atoms with E-state index in [0.717, 1.165) is 36.1 Å². The molecular formula is C17H19N7. The molecule has 0 radical (unpaired) electrons. The van der Waals surface area contributed by atoms with Crippen molar-refractivity contribution in [2.24, 2.45) is 7.05 Å². The third-order valence-corrected chi connectivity index (χ3v) is 4.38. The lowest BCUT2D eigenvalue weighted by Gasteiger charge is -2.10. The Hall–Kier alpha value is -2.88. The van der Waals surface area contributed by atoms with E-state index in [9.17, 15) is 0 Å². The quantitative estimate of drug-likeness (QED) is 0.635. The Bertz CT molecular complexity index is 964. The predicted octanol–water partition coefficient (Wildman–Crippen LogP) is 1.47. The van der Waals surface area contributed by atoms with Crippen LogP contribution in [0.1, 0.15) is 35.7 Å². The number of aromatic nitrogens is 6. The topological polar surface area (TPSA) is 64.1 Å². The van der Waals surface area contributed by atoms with E-state index < -0.39 is 0 Å². The standard InChI is InChI=1S/C17H19N7/c1-12-13(2)24-16(18-12)9-7-14(20-24)6-8-15-19-17(21-22(15)3)23-10-4-5-11-23/h7,9H,4-5,10-11H2,1-3H3. The molecule has 3 aromatic heterocycles. The lowest BCUT2D eigenvalue weighted by atomic mass is 10.4. The Morgan fingerprint density at radius 1 is 1.00 bits per heavy atom. The second-order valence-electron chi connectivity index (χ2n) is 6.07. The van der Waals surface area contributed by atoms with Crippen molar-refractivity contribution in [2.45, 2.75) is 26.7 Å². The molecule has 1 fully saturated rings. The highest BCUT2D eigenvalue weighted by Crippen LogP contribution is 2.15. The van der Waals surface area contributed by atoms with Gasteiger partial charge in [-0.15, -0.1) is 5.10 Å². The molecule has 0 aromatic carbocycles. The Morgan fingerprint density at radius 2 is 1.79 bits per heavy atom. The minimum absolute atomic E-state index is 0.650. The van der Waals surface area contributed by atoms with Crippen LogP contribution in [0.3, 0.4) is 0 Å². The molecule has 0 spiro atoms. The second kappa shape index (κ2) is 5.64. The third-order valence-electron chi connectivity index (χ3n) is 4.38. The highest BCUT2D eigenvalue weighted by molar-refractivity contribution is 5.45. The van der Waals surface area contributed by atoms with Crippen LogP contribution in [-0.4, -0.2) is 42.5 Å². The molecule has 0 unspecified atom stereocenters. The summed E-state index contributed by atoms with van der Waals surface area (Å²) in [4.78, 5) is 11.2. The summed E-state index contributed by atoms with van der Waals surface area (Å²) in [6.07, 6.45) is 2.40. The maximum absolute atomic E-state index is 4.55. The van der Waals surface area contributed by atoms with Gasteiger partial charge < -0.3 is 4.90 Å². The molecule has 0 aliphatic carbocycles. The van der Waals surface area contributed by atoms with Crippen molar-refractivity contribution in [3.05, 3.63) is 35.0 Å². The largest absolute Gasteiger partial charge is 0.340 e. The summed E-state index contributed by atoms with van der Waals surface area (Å²) < 4.78 is 3.55. The highest BCUT2D eigenvalue weighted by atomic mass is 15.4. The molecule has 7 heteroatoms. The van der Waals surface area contributed by atoms with Crippen molar-refractivity contribution in [2.75, 3.05) is 18.0 Å². The molecule has 3 aromatic rings. The van der Waals surface area contributed by atoms with E-state index in [0.29, 0.717) is 11.5 Å². The summed E-state index contributed by atoms with van der Waals surface area (Å²) in [5.41, 5.74) is 3.54. The zero-order valence-electron chi connectivity index (χ0n) is 14.1. The van der Waals surface area contributed by atoms with Gasteiger partial charge in [-0.3, -0.25) is 0 Å². The van der Waals surface area contributed by atoms with Crippen molar-refractivity contribution in [1.29, 1.82) is 0 Å². The van der Waals surface area contributed by atoms with Gasteiger partial charge in [0.15, 0.2) is 5.65 Å². The number of rotatable bonds is 1. The number of fused-ring (bicyclic) bond motifs is 1. The number of aryl methyl sites for hydroxylation is 3. The van der Waals surface area contributed by atoms with Gasteiger partial charge >= 0.3 is 0 Å². The van der Waals surface area contributed by atoms with Crippen LogP contribution in [0.4, 0.5) is 5.95 Å². The van der Waals surface area contributed by atoms with Crippen LogP contribution in [0.25, 0.3) is 5.65 Å². The summed E-state index contributed by atoms with van der Waals surface area (Å²) in [7, 11) is 1.87. The average molecular weight is 321 g/mol. The fraction of sp³-hybridized carbons (Fsp3) is 0.412. The van der Waals surface area contributed by atoms with Gasteiger partial charge in [0.05, 0.1) is 11.4 Å². The molecular weight excluding hydrogens is 302 g/mol. The molecule has 1 aliphatic heterocycles. The molecule has 7 nitrogen and oxygen atoms in total. The average Bonchev–Trinajstić information content (AvgIpc) is 3.27. The fourth-order valence-electron chi connectivity index (χ4n) is 2.87. The normalized spacial score (nSPS) is 14.2. The van der Waals surface area contributed by atoms with E-state index in [1.54, 1.807) is 4.68 Å². The maximum atomic E-state index is 4.55. The van der Waals surface area contributed by atoms with Crippen molar-refractivity contribution >= 4 is 11.6 Å². The highest BCUT2D eigenvalue weighted by Gasteiger charge is 2.17. The molecule has 122 valence electrons. The summed E-state index contributed by atoms with van der Waals surface area (Å²) in [5, 5.41) is 9.00. The Labute approximate surface area is 140 Å². The zero-order chi connectivity index (χ0) is 16.7. The Balaban J connectivity index is 1.65. The molecule has 4 heterocycles. The second-order valence-corrected chi connectivity index (χ2v) is 6.07. The molecule has 24 heavy (non-hydrogen) atoms. The molecule has 0 N–H and O–H groups in total. The molecule has 1 saturated heterocycles. The van der Waals surface area contributed by atoms with Gasteiger partial charge in [0.25, 0.3) is 0 Å². The number of imidazole rings is 1. The Morgan fingerprint density at radius 3 is 2.58 bits per heavy atom. The van der Waals surface area contributed by atoms with Crippen LogP contribution in [0.15, 0.2) is 12.1 Å². The van der Waals surface area contributed by atoms with E-state index in [-0.39, 0.29) is 0 Å². The van der Waals surface area contributed by atoms with Crippen LogP contribution in [-0.2, 0) is 7.05 Å². The number of hydrogen-bond donors (Lipinski definition) is 0. The van der Waals surface area contributed by atoms with Gasteiger partial charge in [-0.25, -0.2) is 14.2 Å². The van der Waals surface area contributed by atoms with E-state index in [1.165, 1.54) is 12.8 Å². The minimum Gasteiger partial charge on any atom is -0.340 e. The van der Waals surface area contributed by atoms with E-state index >= 15 is 0 Å². The van der Waals surface area contributed by atoms with Gasteiger partial charge in [0.1, 0.15) is 5.69 Å². The summed E-state index contributed by atoms with van der Waals surface area (Å²) >= 11 is 0. The van der Waals surface area contributed by atoms with Crippen LogP contribution < -0.4 is 4.90 Å². The van der Waals surface area contributed by atoms with Crippen LogP contribution in [0.5, 0.6) is 0 Å². The van der Waals surface area contributed by atoms with Crippen molar-refractivity contribution in [3.8, 4) is 11.8 Å². The maximum Gasteiger partial charge on any atom is 0.245 e. The van der Waals surface area contributed by atoms with Crippen molar-refractivity contribution in [1.82, 2.24) is 29.4 Å². The van der Waals surface area contributed by atoms with Crippen LogP contribution in [0, 0.1) is 25.7 Å². The zero-order valence-corrected chi connectivity index (χ0v) is 14.1. The van der Waals surface area contributed by atoms with E-state index in [4.69, 9.17) is 0 Å². The first kappa shape index (κ1) is 14.7. The van der Waals surface area contributed by atoms with Gasteiger partial charge in [-0.2, -0.15) is 10.1 Å². The van der Waals surface area contributed by atoms with E-state index in [2.05, 4.69) is 36.9 Å². The SMILES string of the molecule is Cc1nc2ccc(C#Cc3nc(N4CCCC4)nn3C)nn2c1C. The molecule has 0 saturated carbocycles. The summed E-state index contributed by atoms with van der Waals surface area (Å²) in [5.74, 6) is 7.58. The molecule has 0 amide bonds. The monoisotopic (exact) mass is 321 g/mol. The van der Waals surface area contributed by atoms with E-state index in [1.807, 2.05) is 37.5 Å². The minimum atomic E-state index is 0.650. The van der Waals surface area contributed by atoms with Gasteiger partial charge in [0.2, 0.25) is 11.8 Å². The fourth-order valence-corrected chi connectivity index (χ4v) is 2.87. The number of anilines is 1. The summed E-state index contributed by atoms with van der Waals surface area (Å²) in [6, 6.07) is 3.81. The molecule has 0 atom stereocenters. The van der Waals surface area contributed by atoms with Crippen molar-refractivity contribution < 1.29 is 0 Å². The van der Waals surface area contributed by atoms with Gasteiger partial charge in [-0.05, 0) is 50.7 Å². The smallest absolute Gasteiger partial charge is 0.245 e. The number of nitrogens with zero attached hydrogens (tertiary/aromatic N) is 7. The molecule has 1 aliphatic rings. The molecule has 0 bridgehead atoms. The predicted molar refractivity (Wildman–Crippen MR) is 90.9 cm³/mol. The van der Waals surface area contributed by atoms with Gasteiger partial charge in [-0.1, -0.05) is 0 Å². The molecule has 4 rings (SSSR count). The Kier molecular flexibility index (Phi) is 3.45. The number of hydrogen-bond acceptors (Lipinski definition) is 5. The first-order valence-corrected chi connectivity index (χ1v) is 8.13. The lowest BCUT2D eigenvalue weighted by molar-refractivity contribution is 0.745. The third kappa shape index (κ3) is 2.50. The lowest BCUT2D eigenvalue weighted by Crippen LogP contribution is -2.19.